The summed E-state index contributed by atoms with van der Waals surface area (Å²) in [7, 11) is 1.92. The molecule has 0 aromatic heterocycles. The number of piperidine rings is 1. The van der Waals surface area contributed by atoms with Gasteiger partial charge in [-0.15, -0.1) is 0 Å². The van der Waals surface area contributed by atoms with Crippen molar-refractivity contribution >= 4 is 5.91 Å². The zero-order valence-corrected chi connectivity index (χ0v) is 11.8. The Hall–Kier alpha value is -1.35. The van der Waals surface area contributed by atoms with E-state index in [1.165, 1.54) is 18.4 Å². The van der Waals surface area contributed by atoms with Crippen LogP contribution in [-0.2, 0) is 11.2 Å². The van der Waals surface area contributed by atoms with Gasteiger partial charge in [0.25, 0.3) is 0 Å². The third-order valence-corrected chi connectivity index (χ3v) is 3.79. The van der Waals surface area contributed by atoms with E-state index in [-0.39, 0.29) is 11.9 Å². The first kappa shape index (κ1) is 14.1. The van der Waals surface area contributed by atoms with Crippen LogP contribution in [0.5, 0.6) is 0 Å². The van der Waals surface area contributed by atoms with Crippen molar-refractivity contribution in [2.24, 2.45) is 0 Å². The number of nitrogens with zero attached hydrogens (tertiary/aromatic N) is 1. The van der Waals surface area contributed by atoms with Gasteiger partial charge >= 0.3 is 0 Å². The third kappa shape index (κ3) is 4.35. The lowest BCUT2D eigenvalue weighted by atomic mass is 10.0. The number of amides is 1. The molecule has 0 bridgehead atoms. The van der Waals surface area contributed by atoms with Gasteiger partial charge in [0, 0.05) is 13.6 Å². The molecule has 1 atom stereocenters. The Bertz CT molecular complexity index is 385. The molecule has 0 aliphatic carbocycles. The van der Waals surface area contributed by atoms with Crippen molar-refractivity contribution in [2.45, 2.75) is 38.1 Å². The van der Waals surface area contributed by atoms with E-state index >= 15 is 0 Å². The lowest BCUT2D eigenvalue weighted by Gasteiger charge is -2.27. The average Bonchev–Trinajstić information content (AvgIpc) is 2.48. The van der Waals surface area contributed by atoms with Gasteiger partial charge in [0.05, 0.1) is 6.04 Å². The first-order valence-corrected chi connectivity index (χ1v) is 7.29. The maximum absolute atomic E-state index is 12.2. The standard InChI is InChI=1S/C16H24N2O/c1-18(16(19)15-11-5-6-12-17-15)13-7-10-14-8-3-2-4-9-14/h2-4,8-9,15,17H,5-7,10-13H2,1H3/t15-/m1/s1. The zero-order chi connectivity index (χ0) is 13.5. The summed E-state index contributed by atoms with van der Waals surface area (Å²) in [4.78, 5) is 14.1. The predicted molar refractivity (Wildman–Crippen MR) is 78.0 cm³/mol. The second kappa shape index (κ2) is 7.29. The molecule has 1 N–H and O–H groups in total. The normalized spacial score (nSPS) is 19.1. The van der Waals surface area contributed by atoms with E-state index in [4.69, 9.17) is 0 Å². The smallest absolute Gasteiger partial charge is 0.239 e. The summed E-state index contributed by atoms with van der Waals surface area (Å²) in [5.41, 5.74) is 1.35. The first-order chi connectivity index (χ1) is 9.27. The van der Waals surface area contributed by atoms with Crippen LogP contribution in [0.2, 0.25) is 0 Å². The Balaban J connectivity index is 1.71. The van der Waals surface area contributed by atoms with Crippen LogP contribution >= 0.6 is 0 Å². The van der Waals surface area contributed by atoms with Gasteiger partial charge in [0.15, 0.2) is 0 Å². The Kier molecular flexibility index (Phi) is 5.40. The van der Waals surface area contributed by atoms with Gasteiger partial charge in [-0.25, -0.2) is 0 Å². The molecule has 1 fully saturated rings. The van der Waals surface area contributed by atoms with Crippen LogP contribution in [0.1, 0.15) is 31.2 Å². The molecule has 0 unspecified atom stereocenters. The van der Waals surface area contributed by atoms with Crippen LogP contribution in [-0.4, -0.2) is 37.0 Å². The number of carbonyl (C=O) groups is 1. The number of likely N-dealkylation sites (N-methyl/N-ethyl adjacent to an activating group) is 1. The highest BCUT2D eigenvalue weighted by molar-refractivity contribution is 5.81. The third-order valence-electron chi connectivity index (χ3n) is 3.79. The highest BCUT2D eigenvalue weighted by Crippen LogP contribution is 2.10. The van der Waals surface area contributed by atoms with Crippen LogP contribution < -0.4 is 5.32 Å². The second-order valence-corrected chi connectivity index (χ2v) is 5.35. The fraction of sp³-hybridized carbons (Fsp3) is 0.562. The maximum atomic E-state index is 12.2. The molecule has 1 aliphatic heterocycles. The van der Waals surface area contributed by atoms with E-state index < -0.39 is 0 Å². The molecule has 0 spiro atoms. The quantitative estimate of drug-likeness (QED) is 0.880. The molecule has 1 heterocycles. The van der Waals surface area contributed by atoms with E-state index in [1.807, 2.05) is 18.0 Å². The Morgan fingerprint density at radius 2 is 2.11 bits per heavy atom. The first-order valence-electron chi connectivity index (χ1n) is 7.29. The van der Waals surface area contributed by atoms with Crippen molar-refractivity contribution < 1.29 is 4.79 Å². The molecule has 19 heavy (non-hydrogen) atoms. The van der Waals surface area contributed by atoms with E-state index in [0.717, 1.165) is 32.4 Å². The summed E-state index contributed by atoms with van der Waals surface area (Å²) < 4.78 is 0. The molecular weight excluding hydrogens is 236 g/mol. The number of rotatable bonds is 5. The Labute approximate surface area is 116 Å². The molecule has 0 saturated carbocycles. The maximum Gasteiger partial charge on any atom is 0.239 e. The number of carbonyl (C=O) groups excluding carboxylic acids is 1. The van der Waals surface area contributed by atoms with Crippen LogP contribution in [0.4, 0.5) is 0 Å². The molecule has 104 valence electrons. The van der Waals surface area contributed by atoms with Crippen molar-refractivity contribution in [1.82, 2.24) is 10.2 Å². The van der Waals surface area contributed by atoms with Gasteiger partial charge in [-0.2, -0.15) is 0 Å². The van der Waals surface area contributed by atoms with Crippen molar-refractivity contribution in [3.05, 3.63) is 35.9 Å². The number of benzene rings is 1. The van der Waals surface area contributed by atoms with Crippen molar-refractivity contribution in [1.29, 1.82) is 0 Å². The lowest BCUT2D eigenvalue weighted by Crippen LogP contribution is -2.47. The fourth-order valence-corrected chi connectivity index (χ4v) is 2.60. The molecule has 1 amide bonds. The summed E-state index contributed by atoms with van der Waals surface area (Å²) in [6.07, 6.45) is 5.42. The predicted octanol–water partition coefficient (Wildman–Crippen LogP) is 2.22. The molecule has 0 radical (unpaired) electrons. The van der Waals surface area contributed by atoms with Crippen LogP contribution in [0.25, 0.3) is 0 Å². The van der Waals surface area contributed by atoms with E-state index in [2.05, 4.69) is 29.6 Å². The van der Waals surface area contributed by atoms with Gasteiger partial charge in [-0.1, -0.05) is 36.8 Å². The average molecular weight is 260 g/mol. The number of nitrogens with one attached hydrogen (secondary N) is 1. The van der Waals surface area contributed by atoms with Crippen molar-refractivity contribution in [3.8, 4) is 0 Å². The van der Waals surface area contributed by atoms with E-state index in [9.17, 15) is 4.79 Å². The molecule has 3 heteroatoms. The highest BCUT2D eigenvalue weighted by atomic mass is 16.2. The summed E-state index contributed by atoms with van der Waals surface area (Å²) >= 11 is 0. The second-order valence-electron chi connectivity index (χ2n) is 5.35. The monoisotopic (exact) mass is 260 g/mol. The van der Waals surface area contributed by atoms with E-state index in [0.29, 0.717) is 0 Å². The molecule has 1 saturated heterocycles. The molecule has 1 aromatic rings. The number of hydrogen-bond acceptors (Lipinski definition) is 2. The van der Waals surface area contributed by atoms with Gasteiger partial charge in [0.1, 0.15) is 0 Å². The molecule has 2 rings (SSSR count). The van der Waals surface area contributed by atoms with Gasteiger partial charge in [-0.3, -0.25) is 4.79 Å². The van der Waals surface area contributed by atoms with Crippen molar-refractivity contribution in [2.75, 3.05) is 20.1 Å². The van der Waals surface area contributed by atoms with Crippen LogP contribution in [0.15, 0.2) is 30.3 Å². The molecule has 1 aliphatic rings. The summed E-state index contributed by atoms with van der Waals surface area (Å²) in [5, 5.41) is 3.32. The van der Waals surface area contributed by atoms with Crippen molar-refractivity contribution in [3.63, 3.8) is 0 Å². The summed E-state index contributed by atoms with van der Waals surface area (Å²) in [5.74, 6) is 0.257. The topological polar surface area (TPSA) is 32.3 Å². The van der Waals surface area contributed by atoms with Crippen LogP contribution in [0.3, 0.4) is 0 Å². The Morgan fingerprint density at radius 3 is 2.79 bits per heavy atom. The summed E-state index contributed by atoms with van der Waals surface area (Å²) in [6.45, 7) is 1.82. The van der Waals surface area contributed by atoms with Gasteiger partial charge in [0.2, 0.25) is 5.91 Å². The zero-order valence-electron chi connectivity index (χ0n) is 11.8. The molecule has 1 aromatic carbocycles. The number of aryl methyl sites for hydroxylation is 1. The van der Waals surface area contributed by atoms with Crippen LogP contribution in [0, 0.1) is 0 Å². The highest BCUT2D eigenvalue weighted by Gasteiger charge is 2.22. The minimum atomic E-state index is 0.0514. The lowest BCUT2D eigenvalue weighted by molar-refractivity contribution is -0.132. The van der Waals surface area contributed by atoms with Gasteiger partial charge in [-0.05, 0) is 37.8 Å². The largest absolute Gasteiger partial charge is 0.344 e. The minimum Gasteiger partial charge on any atom is -0.344 e. The fourth-order valence-electron chi connectivity index (χ4n) is 2.60. The molecule has 3 nitrogen and oxygen atoms in total. The SMILES string of the molecule is CN(CCCc1ccccc1)C(=O)[C@H]1CCCCN1. The minimum absolute atomic E-state index is 0.0514. The number of hydrogen-bond donors (Lipinski definition) is 1. The molecular formula is C16H24N2O. The Morgan fingerprint density at radius 1 is 1.32 bits per heavy atom. The van der Waals surface area contributed by atoms with Gasteiger partial charge < -0.3 is 10.2 Å². The van der Waals surface area contributed by atoms with E-state index in [1.54, 1.807) is 0 Å². The summed E-state index contributed by atoms with van der Waals surface area (Å²) in [6, 6.07) is 10.5.